The fourth-order valence-electron chi connectivity index (χ4n) is 1.86. The van der Waals surface area contributed by atoms with Crippen LogP contribution in [0, 0.1) is 0 Å². The monoisotopic (exact) mass is 249 g/mol. The average Bonchev–Trinajstić information content (AvgIpc) is 3.21. The van der Waals surface area contributed by atoms with Gasteiger partial charge in [-0.1, -0.05) is 6.92 Å². The fraction of sp³-hybridized carbons (Fsp3) is 0.692. The maximum Gasteiger partial charge on any atom is 0.131 e. The number of anilines is 2. The summed E-state index contributed by atoms with van der Waals surface area (Å²) in [6.45, 7) is 5.07. The fourth-order valence-corrected chi connectivity index (χ4v) is 1.86. The van der Waals surface area contributed by atoms with Gasteiger partial charge in [0.2, 0.25) is 0 Å². The molecule has 1 aliphatic rings. The Morgan fingerprint density at radius 2 is 1.89 bits per heavy atom. The number of aromatic nitrogens is 2. The van der Waals surface area contributed by atoms with Crippen LogP contribution in [0.2, 0.25) is 0 Å². The van der Waals surface area contributed by atoms with Crippen LogP contribution in [0.15, 0.2) is 12.4 Å². The first kappa shape index (κ1) is 13.1. The van der Waals surface area contributed by atoms with Gasteiger partial charge < -0.3 is 15.5 Å². The van der Waals surface area contributed by atoms with E-state index in [0.717, 1.165) is 43.7 Å². The Kier molecular flexibility index (Phi) is 4.75. The van der Waals surface area contributed by atoms with Gasteiger partial charge in [-0.3, -0.25) is 0 Å². The molecule has 100 valence electrons. The third-order valence-corrected chi connectivity index (χ3v) is 3.16. The van der Waals surface area contributed by atoms with Gasteiger partial charge in [-0.15, -0.1) is 0 Å². The number of likely N-dealkylation sites (N-methyl/N-ethyl adjacent to an activating group) is 1. The molecule has 5 heteroatoms. The SMILES string of the molecule is CCCNc1cc(NCCN(C)C2CC2)ncn1. The molecule has 1 heterocycles. The Bertz CT molecular complexity index is 364. The minimum Gasteiger partial charge on any atom is -0.370 e. The minimum atomic E-state index is 0.819. The van der Waals surface area contributed by atoms with Crippen molar-refractivity contribution in [3.8, 4) is 0 Å². The molecule has 5 nitrogen and oxygen atoms in total. The van der Waals surface area contributed by atoms with E-state index in [-0.39, 0.29) is 0 Å². The van der Waals surface area contributed by atoms with Crippen LogP contribution in [0.25, 0.3) is 0 Å². The molecule has 1 aromatic rings. The molecule has 0 aliphatic heterocycles. The third-order valence-electron chi connectivity index (χ3n) is 3.16. The predicted molar refractivity (Wildman–Crippen MR) is 75.0 cm³/mol. The van der Waals surface area contributed by atoms with Crippen LogP contribution in [0.5, 0.6) is 0 Å². The van der Waals surface area contributed by atoms with E-state index >= 15 is 0 Å². The van der Waals surface area contributed by atoms with Crippen molar-refractivity contribution in [2.75, 3.05) is 37.3 Å². The highest BCUT2D eigenvalue weighted by Gasteiger charge is 2.25. The van der Waals surface area contributed by atoms with Gasteiger partial charge in [-0.25, -0.2) is 9.97 Å². The first-order valence-corrected chi connectivity index (χ1v) is 6.79. The largest absolute Gasteiger partial charge is 0.370 e. The Morgan fingerprint density at radius 1 is 1.22 bits per heavy atom. The van der Waals surface area contributed by atoms with E-state index in [9.17, 15) is 0 Å². The summed E-state index contributed by atoms with van der Waals surface area (Å²) in [6, 6.07) is 2.78. The second kappa shape index (κ2) is 6.54. The molecule has 2 rings (SSSR count). The highest BCUT2D eigenvalue weighted by Crippen LogP contribution is 2.24. The van der Waals surface area contributed by atoms with Gasteiger partial charge in [-0.2, -0.15) is 0 Å². The molecular weight excluding hydrogens is 226 g/mol. The van der Waals surface area contributed by atoms with Crippen molar-refractivity contribution in [2.24, 2.45) is 0 Å². The van der Waals surface area contributed by atoms with Gasteiger partial charge >= 0.3 is 0 Å². The molecule has 0 bridgehead atoms. The predicted octanol–water partition coefficient (Wildman–Crippen LogP) is 1.80. The maximum absolute atomic E-state index is 4.22. The van der Waals surface area contributed by atoms with Gasteiger partial charge in [0.1, 0.15) is 18.0 Å². The lowest BCUT2D eigenvalue weighted by molar-refractivity contribution is 0.337. The van der Waals surface area contributed by atoms with Crippen molar-refractivity contribution >= 4 is 11.6 Å². The molecule has 1 aromatic heterocycles. The molecule has 0 atom stereocenters. The average molecular weight is 249 g/mol. The van der Waals surface area contributed by atoms with E-state index in [1.165, 1.54) is 12.8 Å². The van der Waals surface area contributed by atoms with E-state index in [1.807, 2.05) is 6.07 Å². The van der Waals surface area contributed by atoms with Crippen molar-refractivity contribution in [2.45, 2.75) is 32.2 Å². The lowest BCUT2D eigenvalue weighted by Gasteiger charge is -2.16. The van der Waals surface area contributed by atoms with Crippen LogP contribution in [-0.2, 0) is 0 Å². The molecule has 1 fully saturated rings. The quantitative estimate of drug-likeness (QED) is 0.736. The van der Waals surface area contributed by atoms with Crippen molar-refractivity contribution in [3.05, 3.63) is 12.4 Å². The van der Waals surface area contributed by atoms with E-state index in [4.69, 9.17) is 0 Å². The normalized spacial score (nSPS) is 14.8. The summed E-state index contributed by atoms with van der Waals surface area (Å²) in [5.74, 6) is 1.79. The lowest BCUT2D eigenvalue weighted by Crippen LogP contribution is -2.27. The molecule has 0 radical (unpaired) electrons. The summed E-state index contributed by atoms with van der Waals surface area (Å²) in [4.78, 5) is 10.8. The molecule has 1 aliphatic carbocycles. The smallest absolute Gasteiger partial charge is 0.131 e. The summed E-state index contributed by atoms with van der Waals surface area (Å²) in [5.41, 5.74) is 0. The first-order valence-electron chi connectivity index (χ1n) is 6.79. The second-order valence-corrected chi connectivity index (χ2v) is 4.85. The number of nitrogens with zero attached hydrogens (tertiary/aromatic N) is 3. The van der Waals surface area contributed by atoms with Gasteiger partial charge in [-0.05, 0) is 26.3 Å². The van der Waals surface area contributed by atoms with Gasteiger partial charge in [0.25, 0.3) is 0 Å². The van der Waals surface area contributed by atoms with Crippen molar-refractivity contribution in [1.82, 2.24) is 14.9 Å². The van der Waals surface area contributed by atoms with E-state index < -0.39 is 0 Å². The van der Waals surface area contributed by atoms with E-state index in [1.54, 1.807) is 6.33 Å². The highest BCUT2D eigenvalue weighted by atomic mass is 15.2. The number of rotatable bonds is 8. The maximum atomic E-state index is 4.22. The number of hydrogen-bond acceptors (Lipinski definition) is 5. The zero-order chi connectivity index (χ0) is 12.8. The van der Waals surface area contributed by atoms with Crippen molar-refractivity contribution in [3.63, 3.8) is 0 Å². The lowest BCUT2D eigenvalue weighted by atomic mass is 10.4. The van der Waals surface area contributed by atoms with Crippen LogP contribution in [0.4, 0.5) is 11.6 Å². The van der Waals surface area contributed by atoms with Crippen LogP contribution in [0.3, 0.4) is 0 Å². The molecule has 0 amide bonds. The van der Waals surface area contributed by atoms with E-state index in [0.29, 0.717) is 0 Å². The summed E-state index contributed by atoms with van der Waals surface area (Å²) in [7, 11) is 2.19. The summed E-state index contributed by atoms with van der Waals surface area (Å²) in [5, 5.41) is 6.60. The van der Waals surface area contributed by atoms with Crippen molar-refractivity contribution in [1.29, 1.82) is 0 Å². The van der Waals surface area contributed by atoms with E-state index in [2.05, 4.69) is 39.5 Å². The summed E-state index contributed by atoms with van der Waals surface area (Å²) in [6.07, 6.45) is 5.41. The van der Waals surface area contributed by atoms with Gasteiger partial charge in [0, 0.05) is 31.7 Å². The molecule has 1 saturated carbocycles. The minimum absolute atomic E-state index is 0.819. The van der Waals surface area contributed by atoms with Crippen LogP contribution >= 0.6 is 0 Å². The molecule has 0 unspecified atom stereocenters. The zero-order valence-corrected chi connectivity index (χ0v) is 11.3. The molecule has 2 N–H and O–H groups in total. The molecule has 0 saturated heterocycles. The number of nitrogens with one attached hydrogen (secondary N) is 2. The Hall–Kier alpha value is -1.36. The summed E-state index contributed by atoms with van der Waals surface area (Å²) < 4.78 is 0. The van der Waals surface area contributed by atoms with Crippen LogP contribution in [0.1, 0.15) is 26.2 Å². The Morgan fingerprint density at radius 3 is 2.50 bits per heavy atom. The Labute approximate surface area is 109 Å². The molecular formula is C13H23N5. The van der Waals surface area contributed by atoms with Gasteiger partial charge in [0.15, 0.2) is 0 Å². The highest BCUT2D eigenvalue weighted by molar-refractivity contribution is 5.46. The van der Waals surface area contributed by atoms with Crippen LogP contribution < -0.4 is 10.6 Å². The second-order valence-electron chi connectivity index (χ2n) is 4.85. The summed E-state index contributed by atoms with van der Waals surface area (Å²) >= 11 is 0. The van der Waals surface area contributed by atoms with Crippen molar-refractivity contribution < 1.29 is 0 Å². The topological polar surface area (TPSA) is 53.1 Å². The number of hydrogen-bond donors (Lipinski definition) is 2. The van der Waals surface area contributed by atoms with Crippen LogP contribution in [-0.4, -0.2) is 47.6 Å². The molecule has 18 heavy (non-hydrogen) atoms. The zero-order valence-electron chi connectivity index (χ0n) is 11.3. The third kappa shape index (κ3) is 4.14. The molecule has 0 aromatic carbocycles. The first-order chi connectivity index (χ1) is 8.79. The Balaban J connectivity index is 1.73. The van der Waals surface area contributed by atoms with Gasteiger partial charge in [0.05, 0.1) is 0 Å². The molecule has 0 spiro atoms. The standard InChI is InChI=1S/C13H23N5/c1-3-6-14-12-9-13(17-10-16-12)15-7-8-18(2)11-4-5-11/h9-11H,3-8H2,1-2H3,(H2,14,15,16,17).